The van der Waals surface area contributed by atoms with Gasteiger partial charge in [0.15, 0.2) is 0 Å². The number of nitrogens with zero attached hydrogens (tertiary/aromatic N) is 2. The minimum atomic E-state index is -0.0210. The van der Waals surface area contributed by atoms with Crippen LogP contribution in [0.5, 0.6) is 0 Å². The Bertz CT molecular complexity index is 393. The third kappa shape index (κ3) is 2.82. The van der Waals surface area contributed by atoms with E-state index in [1.807, 2.05) is 12.1 Å². The van der Waals surface area contributed by atoms with Crippen LogP contribution in [0.1, 0.15) is 58.5 Å². The van der Waals surface area contributed by atoms with Crippen LogP contribution in [0.4, 0.5) is 0 Å². The third-order valence-corrected chi connectivity index (χ3v) is 2.49. The summed E-state index contributed by atoms with van der Waals surface area (Å²) >= 11 is 0. The lowest BCUT2D eigenvalue weighted by atomic mass is 9.86. The van der Waals surface area contributed by atoms with Crippen LogP contribution >= 0.6 is 0 Å². The van der Waals surface area contributed by atoms with Gasteiger partial charge in [-0.05, 0) is 12.1 Å². The maximum atomic E-state index is 9.04. The molecule has 0 aromatic carbocycles. The highest BCUT2D eigenvalue weighted by molar-refractivity contribution is 5.36. The first-order chi connectivity index (χ1) is 7.14. The quantitative estimate of drug-likeness (QED) is 0.665. The van der Waals surface area contributed by atoms with Crippen LogP contribution in [-0.4, -0.2) is 4.98 Å². The van der Waals surface area contributed by atoms with Gasteiger partial charge in [-0.15, -0.1) is 0 Å². The van der Waals surface area contributed by atoms with Crippen molar-refractivity contribution in [3.05, 3.63) is 29.1 Å². The number of hydrogen-bond donors (Lipinski definition) is 0. The monoisotopic (exact) mass is 216 g/mol. The summed E-state index contributed by atoms with van der Waals surface area (Å²) in [5.74, 6) is 0. The molecule has 1 aromatic heterocycles. The van der Waals surface area contributed by atoms with Crippen LogP contribution in [-0.2, 0) is 10.8 Å². The Hall–Kier alpha value is -1.36. The van der Waals surface area contributed by atoms with Crippen LogP contribution < -0.4 is 0 Å². The first kappa shape index (κ1) is 12.7. The van der Waals surface area contributed by atoms with Gasteiger partial charge < -0.3 is 0 Å². The normalized spacial score (nSPS) is 12.3. The molecule has 0 fully saturated rings. The maximum Gasteiger partial charge on any atom is 0.0992 e. The lowest BCUT2D eigenvalue weighted by Crippen LogP contribution is -2.20. The van der Waals surface area contributed by atoms with Gasteiger partial charge in [-0.3, -0.25) is 4.98 Å². The smallest absolute Gasteiger partial charge is 0.0992 e. The largest absolute Gasteiger partial charge is 0.257 e. The Kier molecular flexibility index (Phi) is 3.10. The molecule has 0 aliphatic carbocycles. The number of nitriles is 1. The SMILES string of the molecule is CC(C)(C)c1cc(C#N)cc(C(C)(C)C)n1. The summed E-state index contributed by atoms with van der Waals surface area (Å²) in [7, 11) is 0. The fraction of sp³-hybridized carbons (Fsp3) is 0.571. The highest BCUT2D eigenvalue weighted by Gasteiger charge is 2.22. The van der Waals surface area contributed by atoms with Gasteiger partial charge in [-0.1, -0.05) is 41.5 Å². The molecular formula is C14H20N2. The van der Waals surface area contributed by atoms with Gasteiger partial charge >= 0.3 is 0 Å². The maximum absolute atomic E-state index is 9.04. The Labute approximate surface area is 98.3 Å². The molecule has 0 aliphatic heterocycles. The molecular weight excluding hydrogens is 196 g/mol. The highest BCUT2D eigenvalue weighted by Crippen LogP contribution is 2.26. The van der Waals surface area contributed by atoms with Crippen molar-refractivity contribution in [2.24, 2.45) is 0 Å². The number of aromatic nitrogens is 1. The van der Waals surface area contributed by atoms with E-state index < -0.39 is 0 Å². The van der Waals surface area contributed by atoms with Gasteiger partial charge in [0.2, 0.25) is 0 Å². The predicted octanol–water partition coefficient (Wildman–Crippen LogP) is 3.55. The van der Waals surface area contributed by atoms with Crippen molar-refractivity contribution in [3.8, 4) is 6.07 Å². The van der Waals surface area contributed by atoms with E-state index in [0.29, 0.717) is 5.56 Å². The minimum absolute atomic E-state index is 0.0210. The molecule has 16 heavy (non-hydrogen) atoms. The van der Waals surface area contributed by atoms with E-state index in [1.165, 1.54) is 0 Å². The van der Waals surface area contributed by atoms with Crippen molar-refractivity contribution in [2.75, 3.05) is 0 Å². The molecule has 1 rings (SSSR count). The van der Waals surface area contributed by atoms with Gasteiger partial charge in [0.25, 0.3) is 0 Å². The predicted molar refractivity (Wildman–Crippen MR) is 66.4 cm³/mol. The molecule has 86 valence electrons. The van der Waals surface area contributed by atoms with Crippen molar-refractivity contribution in [1.82, 2.24) is 4.98 Å². The first-order valence-electron chi connectivity index (χ1n) is 5.58. The van der Waals surface area contributed by atoms with Crippen molar-refractivity contribution in [1.29, 1.82) is 5.26 Å². The zero-order valence-corrected chi connectivity index (χ0v) is 11.0. The van der Waals surface area contributed by atoms with E-state index in [-0.39, 0.29) is 10.8 Å². The van der Waals surface area contributed by atoms with E-state index in [1.54, 1.807) is 0 Å². The van der Waals surface area contributed by atoms with E-state index in [9.17, 15) is 0 Å². The fourth-order valence-corrected chi connectivity index (χ4v) is 1.36. The fourth-order valence-electron chi connectivity index (χ4n) is 1.36. The number of pyridine rings is 1. The van der Waals surface area contributed by atoms with E-state index in [4.69, 9.17) is 5.26 Å². The molecule has 0 radical (unpaired) electrons. The lowest BCUT2D eigenvalue weighted by Gasteiger charge is -2.23. The molecule has 0 unspecified atom stereocenters. The van der Waals surface area contributed by atoms with E-state index in [2.05, 4.69) is 52.6 Å². The molecule has 0 amide bonds. The average molecular weight is 216 g/mol. The van der Waals surface area contributed by atoms with Crippen molar-refractivity contribution in [2.45, 2.75) is 52.4 Å². The molecule has 0 spiro atoms. The van der Waals surface area contributed by atoms with Crippen LogP contribution in [0, 0.1) is 11.3 Å². The first-order valence-corrected chi connectivity index (χ1v) is 5.58. The lowest BCUT2D eigenvalue weighted by molar-refractivity contribution is 0.530. The Morgan fingerprint density at radius 3 is 1.56 bits per heavy atom. The summed E-state index contributed by atoms with van der Waals surface area (Å²) in [6, 6.07) is 5.98. The van der Waals surface area contributed by atoms with Crippen molar-refractivity contribution < 1.29 is 0 Å². The molecule has 2 heteroatoms. The molecule has 0 atom stereocenters. The summed E-state index contributed by atoms with van der Waals surface area (Å²) in [6.07, 6.45) is 0. The zero-order chi connectivity index (χ0) is 12.6. The van der Waals surface area contributed by atoms with Gasteiger partial charge in [0, 0.05) is 22.2 Å². The Morgan fingerprint density at radius 2 is 1.31 bits per heavy atom. The van der Waals surface area contributed by atoms with Crippen molar-refractivity contribution >= 4 is 0 Å². The molecule has 0 bridgehead atoms. The molecule has 1 aromatic rings. The summed E-state index contributed by atoms with van der Waals surface area (Å²) < 4.78 is 0. The minimum Gasteiger partial charge on any atom is -0.257 e. The second-order valence-corrected chi connectivity index (χ2v) is 6.24. The van der Waals surface area contributed by atoms with Crippen molar-refractivity contribution in [3.63, 3.8) is 0 Å². The summed E-state index contributed by atoms with van der Waals surface area (Å²) in [4.78, 5) is 4.67. The summed E-state index contributed by atoms with van der Waals surface area (Å²) in [5.41, 5.74) is 2.62. The van der Waals surface area contributed by atoms with Crippen LogP contribution in [0.25, 0.3) is 0 Å². The van der Waals surface area contributed by atoms with Gasteiger partial charge in [-0.2, -0.15) is 5.26 Å². The molecule has 0 saturated heterocycles. The topological polar surface area (TPSA) is 36.7 Å². The Balaban J connectivity index is 3.41. The number of rotatable bonds is 0. The van der Waals surface area contributed by atoms with E-state index in [0.717, 1.165) is 11.4 Å². The third-order valence-electron chi connectivity index (χ3n) is 2.49. The average Bonchev–Trinajstić information content (AvgIpc) is 2.14. The molecule has 0 aliphatic rings. The van der Waals surface area contributed by atoms with Gasteiger partial charge in [0.1, 0.15) is 0 Å². The second kappa shape index (κ2) is 3.90. The molecule has 2 nitrogen and oxygen atoms in total. The van der Waals surface area contributed by atoms with Crippen LogP contribution in [0.15, 0.2) is 12.1 Å². The standard InChI is InChI=1S/C14H20N2/c1-13(2,3)11-7-10(9-15)8-12(16-11)14(4,5)6/h7-8H,1-6H3. The highest BCUT2D eigenvalue weighted by atomic mass is 14.7. The summed E-state index contributed by atoms with van der Waals surface area (Å²) in [6.45, 7) is 12.7. The summed E-state index contributed by atoms with van der Waals surface area (Å²) in [5, 5.41) is 9.04. The van der Waals surface area contributed by atoms with E-state index >= 15 is 0 Å². The second-order valence-electron chi connectivity index (χ2n) is 6.24. The van der Waals surface area contributed by atoms with Crippen LogP contribution in [0.2, 0.25) is 0 Å². The molecule has 1 heterocycles. The molecule has 0 saturated carbocycles. The molecule has 0 N–H and O–H groups in total. The van der Waals surface area contributed by atoms with Gasteiger partial charge in [0.05, 0.1) is 11.6 Å². The van der Waals surface area contributed by atoms with Gasteiger partial charge in [-0.25, -0.2) is 0 Å². The Morgan fingerprint density at radius 1 is 0.938 bits per heavy atom. The zero-order valence-electron chi connectivity index (χ0n) is 11.0. The number of hydrogen-bond acceptors (Lipinski definition) is 2. The van der Waals surface area contributed by atoms with Crippen LogP contribution in [0.3, 0.4) is 0 Å².